The standard InChI is InChI=1S/C25H24N6O5S/c1-14-7-10-20(36-3)19(11-14)30-29-18-9-8-15-12-21(37(33,34)35)24(23(26)22(15)25(18)32)31-28-17-6-4-5-16(13-17)27-2/h4-13,27,32H,26H2,1-3H3,(H,33,34,35). The van der Waals surface area contributed by atoms with Crippen molar-refractivity contribution in [1.29, 1.82) is 0 Å². The number of nitrogens with zero attached hydrogens (tertiary/aromatic N) is 4. The van der Waals surface area contributed by atoms with Crippen molar-refractivity contribution in [3.05, 3.63) is 66.2 Å². The van der Waals surface area contributed by atoms with Gasteiger partial charge in [0, 0.05) is 12.7 Å². The van der Waals surface area contributed by atoms with E-state index >= 15 is 0 Å². The Morgan fingerprint density at radius 1 is 0.946 bits per heavy atom. The van der Waals surface area contributed by atoms with Gasteiger partial charge in [-0.1, -0.05) is 18.2 Å². The average molecular weight is 521 g/mol. The van der Waals surface area contributed by atoms with Crippen LogP contribution in [0.25, 0.3) is 10.8 Å². The largest absolute Gasteiger partial charge is 0.505 e. The summed E-state index contributed by atoms with van der Waals surface area (Å²) >= 11 is 0. The Labute approximate surface area is 213 Å². The molecule has 12 heteroatoms. The predicted octanol–water partition coefficient (Wildman–Crippen LogP) is 6.56. The van der Waals surface area contributed by atoms with Crippen LogP contribution in [0.2, 0.25) is 0 Å². The number of hydrogen-bond donors (Lipinski definition) is 4. The van der Waals surface area contributed by atoms with E-state index in [1.807, 2.05) is 19.1 Å². The van der Waals surface area contributed by atoms with Crippen LogP contribution < -0.4 is 15.8 Å². The number of anilines is 2. The number of fused-ring (bicyclic) bond motifs is 1. The van der Waals surface area contributed by atoms with Gasteiger partial charge < -0.3 is 20.9 Å². The first-order chi connectivity index (χ1) is 17.6. The van der Waals surface area contributed by atoms with Gasteiger partial charge in [-0.15, -0.1) is 15.3 Å². The Bertz CT molecular complexity index is 1670. The summed E-state index contributed by atoms with van der Waals surface area (Å²) in [6, 6.07) is 16.4. The third-order valence-corrected chi connectivity index (χ3v) is 6.38. The second-order valence-corrected chi connectivity index (χ2v) is 9.41. The highest BCUT2D eigenvalue weighted by Crippen LogP contribution is 2.45. The molecular formula is C25H24N6O5S. The van der Waals surface area contributed by atoms with Gasteiger partial charge in [0.2, 0.25) is 0 Å². The Morgan fingerprint density at radius 3 is 2.41 bits per heavy atom. The van der Waals surface area contributed by atoms with Crippen molar-refractivity contribution in [1.82, 2.24) is 0 Å². The van der Waals surface area contributed by atoms with Crippen molar-refractivity contribution >= 4 is 55.0 Å². The number of ether oxygens (including phenoxy) is 1. The number of phenolic OH excluding ortho intramolecular Hbond substituents is 1. The van der Waals surface area contributed by atoms with E-state index in [0.29, 0.717) is 17.1 Å². The molecule has 4 rings (SSSR count). The first kappa shape index (κ1) is 25.5. The lowest BCUT2D eigenvalue weighted by Crippen LogP contribution is -2.01. The second kappa shape index (κ2) is 10.2. The van der Waals surface area contributed by atoms with Gasteiger partial charge in [-0.05, 0) is 60.3 Å². The molecule has 0 atom stereocenters. The van der Waals surface area contributed by atoms with Crippen LogP contribution in [0.3, 0.4) is 0 Å². The molecule has 0 aromatic heterocycles. The van der Waals surface area contributed by atoms with E-state index < -0.39 is 15.0 Å². The molecule has 0 radical (unpaired) electrons. The molecule has 4 aromatic rings. The molecule has 0 aliphatic heterocycles. The molecule has 0 fully saturated rings. The fourth-order valence-corrected chi connectivity index (χ4v) is 4.33. The van der Waals surface area contributed by atoms with E-state index in [9.17, 15) is 18.1 Å². The van der Waals surface area contributed by atoms with Crippen molar-refractivity contribution in [2.45, 2.75) is 11.8 Å². The normalized spacial score (nSPS) is 12.0. The third kappa shape index (κ3) is 5.34. The number of azo groups is 2. The monoisotopic (exact) mass is 520 g/mol. The van der Waals surface area contributed by atoms with Gasteiger partial charge in [0.25, 0.3) is 10.1 Å². The number of aromatic hydroxyl groups is 1. The lowest BCUT2D eigenvalue weighted by atomic mass is 10.1. The highest BCUT2D eigenvalue weighted by Gasteiger charge is 2.23. The van der Waals surface area contributed by atoms with Crippen LogP contribution in [0.5, 0.6) is 11.5 Å². The molecule has 190 valence electrons. The van der Waals surface area contributed by atoms with Crippen molar-refractivity contribution in [3.8, 4) is 11.5 Å². The topological polar surface area (TPSA) is 171 Å². The first-order valence-corrected chi connectivity index (χ1v) is 12.4. The summed E-state index contributed by atoms with van der Waals surface area (Å²) in [5, 5.41) is 30.7. The Morgan fingerprint density at radius 2 is 1.70 bits per heavy atom. The van der Waals surface area contributed by atoms with Gasteiger partial charge in [-0.2, -0.15) is 13.5 Å². The van der Waals surface area contributed by atoms with Crippen LogP contribution in [-0.4, -0.2) is 32.2 Å². The number of phenols is 1. The molecule has 0 spiro atoms. The van der Waals surface area contributed by atoms with E-state index in [1.54, 1.807) is 37.4 Å². The van der Waals surface area contributed by atoms with Crippen molar-refractivity contribution < 1.29 is 22.8 Å². The van der Waals surface area contributed by atoms with Crippen LogP contribution in [-0.2, 0) is 10.1 Å². The molecule has 0 bridgehead atoms. The van der Waals surface area contributed by atoms with E-state index in [1.165, 1.54) is 19.2 Å². The summed E-state index contributed by atoms with van der Waals surface area (Å²) in [6.07, 6.45) is 0. The molecule has 4 aromatic carbocycles. The zero-order valence-electron chi connectivity index (χ0n) is 20.2. The molecular weight excluding hydrogens is 496 g/mol. The lowest BCUT2D eigenvalue weighted by Gasteiger charge is -2.12. The average Bonchev–Trinajstić information content (AvgIpc) is 2.87. The molecule has 0 aliphatic carbocycles. The number of rotatable bonds is 7. The highest BCUT2D eigenvalue weighted by molar-refractivity contribution is 7.86. The molecule has 0 unspecified atom stereocenters. The summed E-state index contributed by atoms with van der Waals surface area (Å²) in [7, 11) is -1.48. The maximum atomic E-state index is 12.1. The van der Waals surface area contributed by atoms with Gasteiger partial charge in [0.05, 0.1) is 23.9 Å². The van der Waals surface area contributed by atoms with Gasteiger partial charge in [-0.25, -0.2) is 0 Å². The van der Waals surface area contributed by atoms with Crippen LogP contribution in [0, 0.1) is 6.92 Å². The Balaban J connectivity index is 1.87. The quantitative estimate of drug-likeness (QED) is 0.121. The molecule has 0 saturated heterocycles. The summed E-state index contributed by atoms with van der Waals surface area (Å²) in [4.78, 5) is -0.552. The smallest absolute Gasteiger partial charge is 0.296 e. The van der Waals surface area contributed by atoms with E-state index in [0.717, 1.165) is 17.3 Å². The lowest BCUT2D eigenvalue weighted by molar-refractivity contribution is 0.415. The summed E-state index contributed by atoms with van der Waals surface area (Å²) in [5.74, 6) is 0.151. The van der Waals surface area contributed by atoms with Crippen LogP contribution in [0.4, 0.5) is 34.1 Å². The number of nitrogens with two attached hydrogens (primary N) is 1. The van der Waals surface area contributed by atoms with E-state index in [-0.39, 0.29) is 33.6 Å². The number of nitrogens with one attached hydrogen (secondary N) is 1. The minimum Gasteiger partial charge on any atom is -0.505 e. The molecule has 5 N–H and O–H groups in total. The number of nitrogen functional groups attached to an aromatic ring is 1. The minimum atomic E-state index is -4.73. The Kier molecular flexibility index (Phi) is 7.05. The van der Waals surface area contributed by atoms with Gasteiger partial charge >= 0.3 is 0 Å². The summed E-state index contributed by atoms with van der Waals surface area (Å²) < 4.78 is 39.4. The van der Waals surface area contributed by atoms with Gasteiger partial charge in [0.1, 0.15) is 27.7 Å². The fourth-order valence-electron chi connectivity index (χ4n) is 3.66. The van der Waals surface area contributed by atoms with Gasteiger partial charge in [-0.3, -0.25) is 4.55 Å². The highest BCUT2D eigenvalue weighted by atomic mass is 32.2. The van der Waals surface area contributed by atoms with Crippen LogP contribution in [0.1, 0.15) is 5.56 Å². The number of hydrogen-bond acceptors (Lipinski definition) is 10. The first-order valence-electron chi connectivity index (χ1n) is 10.9. The zero-order valence-corrected chi connectivity index (χ0v) is 21.0. The number of methoxy groups -OCH3 is 1. The maximum absolute atomic E-state index is 12.1. The Hall–Kier alpha value is -4.55. The minimum absolute atomic E-state index is 0.0759. The number of benzene rings is 4. The molecule has 0 aliphatic rings. The van der Waals surface area contributed by atoms with Crippen molar-refractivity contribution in [2.24, 2.45) is 20.5 Å². The zero-order chi connectivity index (χ0) is 26.7. The summed E-state index contributed by atoms with van der Waals surface area (Å²) in [5.41, 5.74) is 8.39. The van der Waals surface area contributed by atoms with Crippen LogP contribution in [0.15, 0.2) is 86.0 Å². The maximum Gasteiger partial charge on any atom is 0.296 e. The fraction of sp³-hybridized carbons (Fsp3) is 0.120. The van der Waals surface area contributed by atoms with E-state index in [2.05, 4.69) is 25.8 Å². The SMILES string of the molecule is CNc1cccc(N=Nc2c(S(=O)(=O)O)cc3ccc(N=Nc4cc(C)ccc4OC)c(O)c3c2N)c1. The molecule has 0 saturated carbocycles. The summed E-state index contributed by atoms with van der Waals surface area (Å²) in [6.45, 7) is 1.89. The second-order valence-electron chi connectivity index (χ2n) is 8.02. The van der Waals surface area contributed by atoms with Crippen molar-refractivity contribution in [2.75, 3.05) is 25.2 Å². The van der Waals surface area contributed by atoms with Crippen molar-refractivity contribution in [3.63, 3.8) is 0 Å². The predicted molar refractivity (Wildman–Crippen MR) is 142 cm³/mol. The third-order valence-electron chi connectivity index (χ3n) is 5.51. The molecule has 0 heterocycles. The molecule has 37 heavy (non-hydrogen) atoms. The van der Waals surface area contributed by atoms with E-state index in [4.69, 9.17) is 10.5 Å². The molecule has 11 nitrogen and oxygen atoms in total. The number of aryl methyl sites for hydroxylation is 1. The van der Waals surface area contributed by atoms with Crippen LogP contribution >= 0.6 is 0 Å². The van der Waals surface area contributed by atoms with Gasteiger partial charge in [0.15, 0.2) is 5.75 Å². The molecule has 0 amide bonds.